The van der Waals surface area contributed by atoms with Crippen molar-refractivity contribution < 1.29 is 13.9 Å². The number of hydrogen-bond acceptors (Lipinski definition) is 4. The minimum absolute atomic E-state index is 0.00123. The van der Waals surface area contributed by atoms with Gasteiger partial charge >= 0.3 is 0 Å². The Hall–Kier alpha value is -1.66. The van der Waals surface area contributed by atoms with Crippen molar-refractivity contribution in [3.05, 3.63) is 30.1 Å². The second-order valence-electron chi connectivity index (χ2n) is 8.17. The van der Waals surface area contributed by atoms with Crippen LogP contribution in [-0.4, -0.2) is 62.8 Å². The van der Waals surface area contributed by atoms with E-state index in [1.165, 1.54) is 25.3 Å². The number of anilines is 1. The van der Waals surface area contributed by atoms with Crippen molar-refractivity contribution >= 4 is 11.6 Å². The summed E-state index contributed by atoms with van der Waals surface area (Å²) in [7, 11) is 1.57. The lowest BCUT2D eigenvalue weighted by Gasteiger charge is -2.37. The van der Waals surface area contributed by atoms with Gasteiger partial charge in [0.05, 0.1) is 5.69 Å². The number of ether oxygens (including phenoxy) is 1. The molecule has 1 saturated heterocycles. The lowest BCUT2D eigenvalue weighted by Crippen LogP contribution is -2.47. The number of para-hydroxylation sites is 1. The normalized spacial score (nSPS) is 24.8. The molecule has 1 aliphatic carbocycles. The maximum atomic E-state index is 13.9. The van der Waals surface area contributed by atoms with Crippen LogP contribution < -0.4 is 10.2 Å². The second-order valence-corrected chi connectivity index (χ2v) is 8.17. The first kappa shape index (κ1) is 21.1. The molecular weight excluding hydrogens is 357 g/mol. The maximum Gasteiger partial charge on any atom is 0.249 e. The number of carbonyl (C=O) groups is 1. The molecule has 0 aromatic heterocycles. The summed E-state index contributed by atoms with van der Waals surface area (Å²) in [6.45, 7) is 6.67. The Bertz CT molecular complexity index is 626. The van der Waals surface area contributed by atoms with Gasteiger partial charge in [0.15, 0.2) is 0 Å². The fourth-order valence-electron chi connectivity index (χ4n) is 4.31. The number of carbonyl (C=O) groups excluding carboxylic acids is 1. The van der Waals surface area contributed by atoms with Gasteiger partial charge in [0.25, 0.3) is 0 Å². The lowest BCUT2D eigenvalue weighted by atomic mass is 9.84. The van der Waals surface area contributed by atoms with Crippen molar-refractivity contribution in [2.45, 2.75) is 51.2 Å². The number of halogens is 1. The number of hydrogen-bond donors (Lipinski definition) is 1. The first-order valence-corrected chi connectivity index (χ1v) is 10.6. The first-order valence-electron chi connectivity index (χ1n) is 10.6. The van der Waals surface area contributed by atoms with Crippen molar-refractivity contribution in [3.8, 4) is 0 Å². The van der Waals surface area contributed by atoms with Gasteiger partial charge in [-0.05, 0) is 63.6 Å². The molecule has 0 radical (unpaired) electrons. The molecule has 5 nitrogen and oxygen atoms in total. The number of piperazine rings is 1. The van der Waals surface area contributed by atoms with Crippen molar-refractivity contribution in [2.75, 3.05) is 44.7 Å². The molecule has 28 heavy (non-hydrogen) atoms. The van der Waals surface area contributed by atoms with Crippen LogP contribution in [-0.2, 0) is 9.53 Å². The van der Waals surface area contributed by atoms with E-state index < -0.39 is 0 Å². The number of nitrogens with zero attached hydrogens (tertiary/aromatic N) is 2. The maximum absolute atomic E-state index is 13.9. The van der Waals surface area contributed by atoms with Crippen LogP contribution in [0.5, 0.6) is 0 Å². The van der Waals surface area contributed by atoms with Gasteiger partial charge in [0.1, 0.15) is 11.9 Å². The van der Waals surface area contributed by atoms with Gasteiger partial charge < -0.3 is 15.0 Å². The average molecular weight is 392 g/mol. The molecule has 1 N–H and O–H groups in total. The van der Waals surface area contributed by atoms with Gasteiger partial charge in [-0.2, -0.15) is 0 Å². The molecular formula is C22H34FN3O2. The molecule has 1 aliphatic heterocycles. The number of amides is 1. The van der Waals surface area contributed by atoms with Crippen LogP contribution >= 0.6 is 0 Å². The van der Waals surface area contributed by atoms with Gasteiger partial charge in [0, 0.05) is 39.3 Å². The molecule has 1 heterocycles. The van der Waals surface area contributed by atoms with E-state index in [2.05, 4.69) is 15.1 Å². The third-order valence-corrected chi connectivity index (χ3v) is 6.33. The number of rotatable bonds is 7. The Morgan fingerprint density at radius 3 is 2.50 bits per heavy atom. The Labute approximate surface area is 168 Å². The summed E-state index contributed by atoms with van der Waals surface area (Å²) in [6, 6.07) is 7.35. The zero-order valence-electron chi connectivity index (χ0n) is 17.2. The largest absolute Gasteiger partial charge is 0.372 e. The van der Waals surface area contributed by atoms with Crippen LogP contribution in [0.25, 0.3) is 0 Å². The summed E-state index contributed by atoms with van der Waals surface area (Å²) in [6.07, 6.45) is 5.33. The summed E-state index contributed by atoms with van der Waals surface area (Å²) in [5.74, 6) is 0.621. The predicted octanol–water partition coefficient (Wildman–Crippen LogP) is 3.05. The van der Waals surface area contributed by atoms with Gasteiger partial charge in [-0.1, -0.05) is 12.1 Å². The van der Waals surface area contributed by atoms with Crippen molar-refractivity contribution in [3.63, 3.8) is 0 Å². The Morgan fingerprint density at radius 2 is 1.86 bits per heavy atom. The minimum Gasteiger partial charge on any atom is -0.372 e. The highest BCUT2D eigenvalue weighted by molar-refractivity contribution is 5.80. The quantitative estimate of drug-likeness (QED) is 0.776. The molecule has 0 unspecified atom stereocenters. The van der Waals surface area contributed by atoms with Crippen LogP contribution in [0.2, 0.25) is 0 Å². The molecule has 0 spiro atoms. The van der Waals surface area contributed by atoms with E-state index in [1.54, 1.807) is 20.1 Å². The van der Waals surface area contributed by atoms with Crippen LogP contribution in [0.3, 0.4) is 0 Å². The molecule has 1 aromatic rings. The van der Waals surface area contributed by atoms with E-state index >= 15 is 0 Å². The molecule has 0 bridgehead atoms. The van der Waals surface area contributed by atoms with Crippen LogP contribution in [0.15, 0.2) is 24.3 Å². The minimum atomic E-state index is -0.374. The number of nitrogens with one attached hydrogen (secondary N) is 1. The number of benzene rings is 1. The average Bonchev–Trinajstić information content (AvgIpc) is 2.73. The molecule has 156 valence electrons. The third kappa shape index (κ3) is 5.67. The molecule has 1 aromatic carbocycles. The van der Waals surface area contributed by atoms with Gasteiger partial charge in [-0.15, -0.1) is 0 Å². The summed E-state index contributed by atoms with van der Waals surface area (Å²) < 4.78 is 19.0. The molecule has 1 atom stereocenters. The van der Waals surface area contributed by atoms with Gasteiger partial charge in [0.2, 0.25) is 5.91 Å². The van der Waals surface area contributed by atoms with Crippen LogP contribution in [0.4, 0.5) is 10.1 Å². The van der Waals surface area contributed by atoms with E-state index in [0.29, 0.717) is 6.04 Å². The van der Waals surface area contributed by atoms with Crippen molar-refractivity contribution in [2.24, 2.45) is 5.92 Å². The molecule has 2 fully saturated rings. The molecule has 2 aliphatic rings. The molecule has 3 rings (SSSR count). The van der Waals surface area contributed by atoms with Crippen molar-refractivity contribution in [1.29, 1.82) is 0 Å². The summed E-state index contributed by atoms with van der Waals surface area (Å²) in [4.78, 5) is 16.6. The number of methoxy groups -OCH3 is 1. The zero-order valence-corrected chi connectivity index (χ0v) is 17.2. The summed E-state index contributed by atoms with van der Waals surface area (Å²) in [5.41, 5.74) is 0.727. The zero-order chi connectivity index (χ0) is 19.9. The fourth-order valence-corrected chi connectivity index (χ4v) is 4.31. The molecule has 1 amide bonds. The van der Waals surface area contributed by atoms with Gasteiger partial charge in [-0.25, -0.2) is 4.39 Å². The van der Waals surface area contributed by atoms with E-state index in [0.717, 1.165) is 57.2 Å². The van der Waals surface area contributed by atoms with E-state index in [1.807, 2.05) is 12.1 Å². The van der Waals surface area contributed by atoms with Gasteiger partial charge in [-0.3, -0.25) is 9.69 Å². The van der Waals surface area contributed by atoms with Crippen molar-refractivity contribution in [1.82, 2.24) is 10.2 Å². The topological polar surface area (TPSA) is 44.8 Å². The summed E-state index contributed by atoms with van der Waals surface area (Å²) in [5, 5.41) is 3.11. The van der Waals surface area contributed by atoms with E-state index in [4.69, 9.17) is 4.74 Å². The lowest BCUT2D eigenvalue weighted by molar-refractivity contribution is -0.131. The summed E-state index contributed by atoms with van der Waals surface area (Å²) >= 11 is 0. The third-order valence-electron chi connectivity index (χ3n) is 6.33. The second kappa shape index (κ2) is 10.2. The standard InChI is InChI=1S/C22H34FN3O2/c1-17(28-2)22(27)24-19-9-7-18(8-10-19)11-12-25-13-15-26(16-14-25)21-6-4-3-5-20(21)23/h3-6,17-19H,7-16H2,1-2H3,(H,24,27)/t17-,18-,19-/m0/s1. The Balaban J connectivity index is 1.33. The highest BCUT2D eigenvalue weighted by Gasteiger charge is 2.25. The first-order chi connectivity index (χ1) is 13.6. The Kier molecular flexibility index (Phi) is 7.68. The molecule has 1 saturated carbocycles. The molecule has 6 heteroatoms. The predicted molar refractivity (Wildman–Crippen MR) is 110 cm³/mol. The van der Waals surface area contributed by atoms with E-state index in [-0.39, 0.29) is 17.8 Å². The highest BCUT2D eigenvalue weighted by Crippen LogP contribution is 2.27. The Morgan fingerprint density at radius 1 is 1.18 bits per heavy atom. The SMILES string of the molecule is CO[C@@H](C)C(=O)N[C@H]1CC[C@H](CCN2CCN(c3ccccc3F)CC2)CC1. The van der Waals surface area contributed by atoms with E-state index in [9.17, 15) is 9.18 Å². The van der Waals surface area contributed by atoms with Crippen LogP contribution in [0.1, 0.15) is 39.0 Å². The van der Waals surface area contributed by atoms with Crippen LogP contribution in [0, 0.1) is 11.7 Å². The fraction of sp³-hybridized carbons (Fsp3) is 0.682. The smallest absolute Gasteiger partial charge is 0.249 e. The highest BCUT2D eigenvalue weighted by atomic mass is 19.1. The monoisotopic (exact) mass is 391 g/mol.